The van der Waals surface area contributed by atoms with Crippen molar-refractivity contribution >= 4 is 30.6 Å². The van der Waals surface area contributed by atoms with Gasteiger partial charge >= 0.3 is 6.36 Å². The van der Waals surface area contributed by atoms with Gasteiger partial charge in [-0.2, -0.15) is 5.26 Å². The molecule has 29 heavy (non-hydrogen) atoms. The number of aromatic hydroxyl groups is 1. The van der Waals surface area contributed by atoms with Crippen LogP contribution in [0.3, 0.4) is 0 Å². The van der Waals surface area contributed by atoms with Gasteiger partial charge in [-0.15, -0.1) is 13.2 Å². The normalized spacial score (nSPS) is 13.9. The van der Waals surface area contributed by atoms with Gasteiger partial charge in [-0.3, -0.25) is 0 Å². The molecule has 0 aromatic heterocycles. The average Bonchev–Trinajstić information content (AvgIpc) is 2.64. The summed E-state index contributed by atoms with van der Waals surface area (Å²) in [7, 11) is 0. The van der Waals surface area contributed by atoms with Crippen molar-refractivity contribution in [3.8, 4) is 23.3 Å². The lowest BCUT2D eigenvalue weighted by molar-refractivity contribution is -0.274. The van der Waals surface area contributed by atoms with Crippen LogP contribution in [0.2, 0.25) is 0 Å². The van der Waals surface area contributed by atoms with Crippen molar-refractivity contribution in [2.45, 2.75) is 19.4 Å². The molecule has 0 fully saturated rings. The first-order chi connectivity index (χ1) is 13.7. The second-order valence-corrected chi connectivity index (χ2v) is 7.92. The van der Waals surface area contributed by atoms with E-state index in [1.165, 1.54) is 12.1 Å². The Balaban J connectivity index is 1.81. The number of ether oxygens (including phenoxy) is 2. The highest BCUT2D eigenvalue weighted by atomic mass is 127. The molecule has 0 spiro atoms. The molecule has 0 radical (unpaired) electrons. The minimum atomic E-state index is -4.90. The van der Waals surface area contributed by atoms with Crippen molar-refractivity contribution in [3.05, 3.63) is 59.0 Å². The third-order valence-electron chi connectivity index (χ3n) is 3.73. The first kappa shape index (κ1) is 20.9. The van der Waals surface area contributed by atoms with Gasteiger partial charge in [0.15, 0.2) is 0 Å². The van der Waals surface area contributed by atoms with Crippen LogP contribution in [0.4, 0.5) is 17.6 Å². The number of allylic oxidation sites excluding steroid dienone is 2. The summed E-state index contributed by atoms with van der Waals surface area (Å²) in [6, 6.07) is 9.11. The number of phenolic OH excluding ortho intramolecular Hbond substituents is 1. The lowest BCUT2D eigenvalue weighted by Gasteiger charge is -2.15. The molecule has 5 nitrogen and oxygen atoms in total. The predicted octanol–water partition coefficient (Wildman–Crippen LogP) is 4.92. The van der Waals surface area contributed by atoms with Crippen molar-refractivity contribution in [1.29, 1.82) is 5.26 Å². The molecule has 2 N–H and O–H groups in total. The molecule has 0 bridgehead atoms. The Kier molecular flexibility index (Phi) is 6.26. The van der Waals surface area contributed by atoms with Gasteiger partial charge in [0, 0.05) is 18.6 Å². The molecule has 1 aliphatic heterocycles. The highest BCUT2D eigenvalue weighted by molar-refractivity contribution is 14.2. The number of hydrogen-bond donors (Lipinski definition) is 2. The fraction of sp³-hybridized carbons (Fsp3) is 0.158. The number of halogens is 5. The monoisotopic (exact) mass is 520 g/mol. The summed E-state index contributed by atoms with van der Waals surface area (Å²) in [5, 5.41) is 18.8. The smallest absolute Gasteiger partial charge is 0.508 e. The van der Waals surface area contributed by atoms with E-state index in [1.54, 1.807) is 6.07 Å². The molecule has 0 aliphatic carbocycles. The van der Waals surface area contributed by atoms with Gasteiger partial charge in [0.05, 0.1) is 0 Å². The van der Waals surface area contributed by atoms with E-state index in [4.69, 9.17) is 4.74 Å². The zero-order chi connectivity index (χ0) is 21.0. The van der Waals surface area contributed by atoms with Crippen LogP contribution in [0.1, 0.15) is 17.5 Å². The van der Waals surface area contributed by atoms with Crippen molar-refractivity contribution in [2.75, 3.05) is 0 Å². The van der Waals surface area contributed by atoms with E-state index < -0.39 is 44.7 Å². The molecule has 3 rings (SSSR count). The van der Waals surface area contributed by atoms with Gasteiger partial charge in [-0.25, -0.2) is 4.39 Å². The van der Waals surface area contributed by atoms with Crippen LogP contribution in [0, 0.1) is 17.1 Å². The van der Waals surface area contributed by atoms with E-state index in [-0.39, 0.29) is 17.9 Å². The van der Waals surface area contributed by atoms with E-state index in [0.717, 1.165) is 18.2 Å². The highest BCUT2D eigenvalue weighted by Crippen LogP contribution is 2.31. The van der Waals surface area contributed by atoms with E-state index in [1.807, 2.05) is 4.01 Å². The summed E-state index contributed by atoms with van der Waals surface area (Å²) in [5.74, 6) is -1.47. The van der Waals surface area contributed by atoms with E-state index in [9.17, 15) is 27.9 Å². The fourth-order valence-electron chi connectivity index (χ4n) is 2.63. The molecule has 0 amide bonds. The van der Waals surface area contributed by atoms with Crippen LogP contribution < -0.4 is 13.0 Å². The molecule has 0 saturated heterocycles. The zero-order valence-corrected chi connectivity index (χ0v) is 16.7. The average molecular weight is 520 g/mol. The van der Waals surface area contributed by atoms with Crippen LogP contribution >= 0.6 is 21.0 Å². The van der Waals surface area contributed by atoms with Crippen molar-refractivity contribution in [1.82, 2.24) is 3.53 Å². The highest BCUT2D eigenvalue weighted by Gasteiger charge is 2.31. The maximum atomic E-state index is 14.1. The predicted molar refractivity (Wildman–Crippen MR) is 106 cm³/mol. The summed E-state index contributed by atoms with van der Waals surface area (Å²) in [6.07, 6.45) is -4.38. The third-order valence-corrected chi connectivity index (χ3v) is 5.46. The molecule has 0 saturated carbocycles. The summed E-state index contributed by atoms with van der Waals surface area (Å²) < 4.78 is 65.5. The fourth-order valence-corrected chi connectivity index (χ4v) is 4.26. The van der Waals surface area contributed by atoms with Crippen LogP contribution in [0.25, 0.3) is 5.57 Å². The molecule has 152 valence electrons. The molecule has 0 unspecified atom stereocenters. The Hall–Kier alpha value is -2.81. The SMILES string of the molecule is N#CC1=C(c2cc(F)cc(OCc3cc(O)cc(OC(F)(F)F)c3)c2)CC=IN1. The Labute approximate surface area is 173 Å². The number of benzene rings is 2. The van der Waals surface area contributed by atoms with Crippen molar-refractivity contribution in [2.24, 2.45) is 0 Å². The topological polar surface area (TPSA) is 74.5 Å². The number of nitrogens with zero attached hydrogens (tertiary/aromatic N) is 1. The molecule has 2 aromatic carbocycles. The molecule has 1 aliphatic rings. The minimum Gasteiger partial charge on any atom is -0.508 e. The Bertz CT molecular complexity index is 1030. The van der Waals surface area contributed by atoms with E-state index in [2.05, 4.69) is 14.3 Å². The summed E-state index contributed by atoms with van der Waals surface area (Å²) in [4.78, 5) is 0. The van der Waals surface area contributed by atoms with Crippen LogP contribution in [0.5, 0.6) is 17.2 Å². The number of rotatable bonds is 5. The van der Waals surface area contributed by atoms with Crippen LogP contribution in [0.15, 0.2) is 42.1 Å². The van der Waals surface area contributed by atoms with Gasteiger partial charge in [0.2, 0.25) is 0 Å². The first-order valence-corrected chi connectivity index (χ1v) is 10.4. The Morgan fingerprint density at radius 2 is 1.93 bits per heavy atom. The number of alkyl halides is 3. The summed E-state index contributed by atoms with van der Waals surface area (Å²) >= 11 is -0.418. The standard InChI is InChI=1S/C19H13F4IN2O3/c20-13-5-12(17-1-2-24-26-18(17)9-25)6-15(7-13)28-10-11-3-14(27)8-16(4-11)29-19(21,22)23/h2-8,26-27H,1,10H2. The lowest BCUT2D eigenvalue weighted by Crippen LogP contribution is -2.17. The van der Waals surface area contributed by atoms with Gasteiger partial charge < -0.3 is 18.1 Å². The number of nitriles is 1. The third kappa shape index (κ3) is 5.83. The molecular formula is C19H13F4IN2O3. The largest absolute Gasteiger partial charge is 0.573 e. The van der Waals surface area contributed by atoms with Gasteiger partial charge in [0.25, 0.3) is 0 Å². The molecule has 1 heterocycles. The Morgan fingerprint density at radius 1 is 1.14 bits per heavy atom. The van der Waals surface area contributed by atoms with Crippen LogP contribution in [-0.4, -0.2) is 15.5 Å². The van der Waals surface area contributed by atoms with Crippen LogP contribution in [-0.2, 0) is 6.61 Å². The Morgan fingerprint density at radius 3 is 2.66 bits per heavy atom. The second-order valence-electron chi connectivity index (χ2n) is 5.87. The number of hydrogen-bond acceptors (Lipinski definition) is 5. The molecule has 10 heteroatoms. The quantitative estimate of drug-likeness (QED) is 0.333. The van der Waals surface area contributed by atoms with E-state index in [0.29, 0.717) is 23.3 Å². The second kappa shape index (κ2) is 8.69. The zero-order valence-electron chi connectivity index (χ0n) is 14.6. The lowest BCUT2D eigenvalue weighted by atomic mass is 10.0. The summed E-state index contributed by atoms with van der Waals surface area (Å²) in [6.45, 7) is -0.231. The first-order valence-electron chi connectivity index (χ1n) is 8.09. The number of phenols is 1. The van der Waals surface area contributed by atoms with Crippen molar-refractivity contribution < 1.29 is 32.1 Å². The van der Waals surface area contributed by atoms with Gasteiger partial charge in [-0.1, -0.05) is 0 Å². The van der Waals surface area contributed by atoms with Crippen molar-refractivity contribution in [3.63, 3.8) is 0 Å². The van der Waals surface area contributed by atoms with Gasteiger partial charge in [-0.05, 0) is 66.0 Å². The number of nitrogens with one attached hydrogen (secondary N) is 1. The maximum Gasteiger partial charge on any atom is 0.573 e. The minimum absolute atomic E-state index is 0.131. The van der Waals surface area contributed by atoms with E-state index >= 15 is 0 Å². The molecular weight excluding hydrogens is 507 g/mol. The molecule has 0 atom stereocenters. The summed E-state index contributed by atoms with van der Waals surface area (Å²) in [5.41, 5.74) is 1.70. The maximum absolute atomic E-state index is 14.1. The van der Waals surface area contributed by atoms with Gasteiger partial charge in [0.1, 0.15) is 41.4 Å². The molecule has 2 aromatic rings.